The summed E-state index contributed by atoms with van der Waals surface area (Å²) in [5, 5.41) is 7.56. The van der Waals surface area contributed by atoms with Gasteiger partial charge in [0.1, 0.15) is 11.4 Å². The third kappa shape index (κ3) is 4.00. The van der Waals surface area contributed by atoms with Crippen LogP contribution in [-0.4, -0.2) is 64.0 Å². The molecule has 0 bridgehead atoms. The highest BCUT2D eigenvalue weighted by molar-refractivity contribution is 6.23. The average Bonchev–Trinajstić information content (AvgIpc) is 3.20. The van der Waals surface area contributed by atoms with Crippen LogP contribution in [0.1, 0.15) is 70.6 Å². The van der Waals surface area contributed by atoms with Gasteiger partial charge in [0, 0.05) is 26.2 Å². The summed E-state index contributed by atoms with van der Waals surface area (Å²) in [5.74, 6) is -0.533. The number of carbonyl (C=O) groups excluding carboxylic acids is 3. The van der Waals surface area contributed by atoms with Crippen molar-refractivity contribution in [2.75, 3.05) is 31.1 Å². The fourth-order valence-corrected chi connectivity index (χ4v) is 5.21. The van der Waals surface area contributed by atoms with Crippen molar-refractivity contribution < 1.29 is 19.0 Å². The van der Waals surface area contributed by atoms with Crippen LogP contribution in [-0.2, 0) is 11.3 Å². The second-order valence-electron chi connectivity index (χ2n) is 9.22. The van der Waals surface area contributed by atoms with Crippen LogP contribution in [0.25, 0.3) is 0 Å². The Morgan fingerprint density at radius 1 is 1.03 bits per heavy atom. The maximum Gasteiger partial charge on any atom is 0.264 e. The molecule has 2 aromatic rings. The molecule has 3 aliphatic rings. The average molecular weight is 452 g/mol. The van der Waals surface area contributed by atoms with Crippen LogP contribution in [0, 0.1) is 12.8 Å². The van der Waals surface area contributed by atoms with Gasteiger partial charge in [-0.2, -0.15) is 0 Å². The van der Waals surface area contributed by atoms with E-state index in [0.29, 0.717) is 29.1 Å². The van der Waals surface area contributed by atoms with Crippen LogP contribution in [0.2, 0.25) is 0 Å². The summed E-state index contributed by atoms with van der Waals surface area (Å²) >= 11 is 0. The third-order valence-electron chi connectivity index (χ3n) is 7.06. The van der Waals surface area contributed by atoms with Crippen LogP contribution in [0.15, 0.2) is 22.8 Å². The Balaban J connectivity index is 1.37. The number of hydrogen-bond acceptors (Lipinski definition) is 7. The predicted octanol–water partition coefficient (Wildman–Crippen LogP) is 2.79. The Morgan fingerprint density at radius 2 is 1.82 bits per heavy atom. The van der Waals surface area contributed by atoms with Crippen molar-refractivity contribution in [3.8, 4) is 0 Å². The highest BCUT2D eigenvalue weighted by Gasteiger charge is 2.40. The lowest BCUT2D eigenvalue weighted by Gasteiger charge is -2.36. The molecule has 174 valence electrons. The number of benzene rings is 1. The molecule has 0 spiro atoms. The molecule has 9 heteroatoms. The number of fused-ring (bicyclic) bond motifs is 1. The zero-order valence-electron chi connectivity index (χ0n) is 19.0. The Morgan fingerprint density at radius 3 is 2.55 bits per heavy atom. The first-order chi connectivity index (χ1) is 16.0. The van der Waals surface area contributed by atoms with E-state index in [1.54, 1.807) is 13.0 Å². The summed E-state index contributed by atoms with van der Waals surface area (Å²) in [5.41, 5.74) is 2.56. The highest BCUT2D eigenvalue weighted by Crippen LogP contribution is 2.35. The molecule has 5 rings (SSSR count). The Kier molecular flexibility index (Phi) is 5.86. The van der Waals surface area contributed by atoms with Crippen molar-refractivity contribution in [3.63, 3.8) is 0 Å². The maximum absolute atomic E-state index is 13.3. The van der Waals surface area contributed by atoms with Crippen molar-refractivity contribution >= 4 is 23.4 Å². The third-order valence-corrected chi connectivity index (χ3v) is 7.06. The molecular weight excluding hydrogens is 422 g/mol. The van der Waals surface area contributed by atoms with Crippen LogP contribution in [0.3, 0.4) is 0 Å². The molecule has 4 heterocycles. The van der Waals surface area contributed by atoms with Gasteiger partial charge >= 0.3 is 0 Å². The Hall–Kier alpha value is -3.23. The molecule has 2 saturated heterocycles. The SMILES string of the molecule is Cc1nonc1CN1C(=O)c2cccc(N3CCC[C@@H](C(=O)N4CCCCCC4)C3)c2C1=O. The van der Waals surface area contributed by atoms with Gasteiger partial charge in [0.05, 0.1) is 29.3 Å². The van der Waals surface area contributed by atoms with E-state index >= 15 is 0 Å². The van der Waals surface area contributed by atoms with Gasteiger partial charge in [-0.25, -0.2) is 4.63 Å². The van der Waals surface area contributed by atoms with Gasteiger partial charge < -0.3 is 9.80 Å². The molecule has 0 radical (unpaired) electrons. The molecule has 9 nitrogen and oxygen atoms in total. The number of anilines is 1. The number of carbonyl (C=O) groups is 3. The number of imide groups is 1. The molecule has 3 aliphatic heterocycles. The molecular formula is C24H29N5O4. The van der Waals surface area contributed by atoms with Crippen molar-refractivity contribution in [2.45, 2.75) is 52.0 Å². The van der Waals surface area contributed by atoms with E-state index in [1.807, 2.05) is 17.0 Å². The van der Waals surface area contributed by atoms with Crippen molar-refractivity contribution in [1.29, 1.82) is 0 Å². The number of aryl methyl sites for hydroxylation is 1. The van der Waals surface area contributed by atoms with Gasteiger partial charge in [-0.3, -0.25) is 19.3 Å². The molecule has 0 aliphatic carbocycles. The Bertz CT molecular complexity index is 1070. The van der Waals surface area contributed by atoms with Gasteiger partial charge in [-0.1, -0.05) is 29.2 Å². The molecule has 3 amide bonds. The van der Waals surface area contributed by atoms with Crippen molar-refractivity contribution in [2.24, 2.45) is 5.92 Å². The minimum Gasteiger partial charge on any atom is -0.370 e. The first kappa shape index (κ1) is 21.6. The van der Waals surface area contributed by atoms with E-state index in [2.05, 4.69) is 15.2 Å². The van der Waals surface area contributed by atoms with E-state index in [0.717, 1.165) is 51.0 Å². The van der Waals surface area contributed by atoms with Crippen LogP contribution >= 0.6 is 0 Å². The van der Waals surface area contributed by atoms with Crippen LogP contribution in [0.4, 0.5) is 5.69 Å². The summed E-state index contributed by atoms with van der Waals surface area (Å²) in [6.45, 7) is 4.76. The lowest BCUT2D eigenvalue weighted by Crippen LogP contribution is -2.45. The second kappa shape index (κ2) is 8.96. The maximum atomic E-state index is 13.3. The van der Waals surface area contributed by atoms with E-state index in [9.17, 15) is 14.4 Å². The summed E-state index contributed by atoms with van der Waals surface area (Å²) in [6, 6.07) is 5.39. The van der Waals surface area contributed by atoms with E-state index < -0.39 is 0 Å². The summed E-state index contributed by atoms with van der Waals surface area (Å²) in [7, 11) is 0. The first-order valence-corrected chi connectivity index (χ1v) is 11.9. The highest BCUT2D eigenvalue weighted by atomic mass is 16.6. The zero-order valence-corrected chi connectivity index (χ0v) is 19.0. The fourth-order valence-electron chi connectivity index (χ4n) is 5.21. The van der Waals surface area contributed by atoms with Gasteiger partial charge in [0.2, 0.25) is 5.91 Å². The van der Waals surface area contributed by atoms with Gasteiger partial charge in [0.15, 0.2) is 0 Å². The fraction of sp³-hybridized carbons (Fsp3) is 0.542. The number of aromatic nitrogens is 2. The van der Waals surface area contributed by atoms with E-state index in [4.69, 9.17) is 4.63 Å². The standard InChI is InChI=1S/C24H29N5O4/c1-16-19(26-33-25-16)15-29-23(31)18-9-6-10-20(21(18)24(29)32)28-13-7-8-17(14-28)22(30)27-11-4-2-3-5-12-27/h6,9-10,17H,2-5,7-8,11-15H2,1H3/t17-/m1/s1. The number of rotatable bonds is 4. The van der Waals surface area contributed by atoms with Gasteiger partial charge in [0.25, 0.3) is 11.8 Å². The van der Waals surface area contributed by atoms with Crippen LogP contribution in [0.5, 0.6) is 0 Å². The number of hydrogen-bond donors (Lipinski definition) is 0. The predicted molar refractivity (Wildman–Crippen MR) is 120 cm³/mol. The number of likely N-dealkylation sites (tertiary alicyclic amines) is 1. The summed E-state index contributed by atoms with van der Waals surface area (Å²) < 4.78 is 4.72. The monoisotopic (exact) mass is 451 g/mol. The molecule has 0 N–H and O–H groups in total. The summed E-state index contributed by atoms with van der Waals surface area (Å²) in [6.07, 6.45) is 6.26. The quantitative estimate of drug-likeness (QED) is 0.659. The number of piperidine rings is 1. The van der Waals surface area contributed by atoms with Gasteiger partial charge in [-0.15, -0.1) is 0 Å². The van der Waals surface area contributed by atoms with Gasteiger partial charge in [-0.05, 0) is 44.7 Å². The molecule has 2 fully saturated rings. The first-order valence-electron chi connectivity index (χ1n) is 11.9. The lowest BCUT2D eigenvalue weighted by atomic mass is 9.94. The molecule has 0 unspecified atom stereocenters. The summed E-state index contributed by atoms with van der Waals surface area (Å²) in [4.78, 5) is 45.0. The van der Waals surface area contributed by atoms with Crippen molar-refractivity contribution in [3.05, 3.63) is 40.7 Å². The Labute approximate surface area is 192 Å². The van der Waals surface area contributed by atoms with E-state index in [1.165, 1.54) is 17.7 Å². The zero-order chi connectivity index (χ0) is 22.9. The molecule has 1 atom stereocenters. The second-order valence-corrected chi connectivity index (χ2v) is 9.22. The number of amides is 3. The topological polar surface area (TPSA) is 99.8 Å². The number of nitrogens with zero attached hydrogens (tertiary/aromatic N) is 5. The molecule has 1 aromatic carbocycles. The normalized spacial score (nSPS) is 21.4. The molecule has 0 saturated carbocycles. The minimum atomic E-state index is -0.339. The minimum absolute atomic E-state index is 0.0250. The largest absolute Gasteiger partial charge is 0.370 e. The van der Waals surface area contributed by atoms with Crippen molar-refractivity contribution in [1.82, 2.24) is 20.1 Å². The van der Waals surface area contributed by atoms with Crippen LogP contribution < -0.4 is 4.90 Å². The lowest BCUT2D eigenvalue weighted by molar-refractivity contribution is -0.135. The smallest absolute Gasteiger partial charge is 0.264 e. The molecule has 1 aromatic heterocycles. The molecule has 33 heavy (non-hydrogen) atoms. The van der Waals surface area contributed by atoms with E-state index in [-0.39, 0.29) is 30.2 Å².